The Bertz CT molecular complexity index is 1010. The van der Waals surface area contributed by atoms with Gasteiger partial charge in [-0.25, -0.2) is 14.4 Å². The Hall–Kier alpha value is -2.54. The minimum absolute atomic E-state index is 0.190. The fraction of sp³-hybridized carbons (Fsp3) is 0.350. The third kappa shape index (κ3) is 3.39. The second-order valence-corrected chi connectivity index (χ2v) is 8.10. The molecule has 1 aliphatic heterocycles. The summed E-state index contributed by atoms with van der Waals surface area (Å²) in [6.45, 7) is 5.61. The Balaban J connectivity index is 1.77. The summed E-state index contributed by atoms with van der Waals surface area (Å²) in [5, 5.41) is 3.51. The van der Waals surface area contributed by atoms with Crippen LogP contribution in [0, 0.1) is 19.7 Å². The van der Waals surface area contributed by atoms with E-state index >= 15 is 0 Å². The number of rotatable bonds is 3. The van der Waals surface area contributed by atoms with Crippen LogP contribution < -0.4 is 10.2 Å². The average molecular weight is 384 g/mol. The molecule has 7 heteroatoms. The number of nitrogens with zero attached hydrogens (tertiary/aromatic N) is 3. The molecule has 1 aromatic carbocycles. The van der Waals surface area contributed by atoms with E-state index in [-0.39, 0.29) is 11.6 Å². The Morgan fingerprint density at radius 3 is 2.74 bits per heavy atom. The summed E-state index contributed by atoms with van der Waals surface area (Å²) in [6.07, 6.45) is 5.01. The van der Waals surface area contributed by atoms with Crippen molar-refractivity contribution in [3.05, 3.63) is 46.3 Å². The van der Waals surface area contributed by atoms with Crippen LogP contribution >= 0.6 is 11.3 Å². The standard InChI is InChI=1S/C20H21FN4OS/c1-12-6-7-14(21)15(10-12)24-19(26)16-13(2)27-20-17(16)18(22-11-23-20)25-8-4-3-5-9-25/h6-7,10-11H,3-5,8-9H2,1-2H3,(H,24,26). The maximum Gasteiger partial charge on any atom is 0.257 e. The van der Waals surface area contributed by atoms with E-state index in [0.717, 1.165) is 52.4 Å². The lowest BCUT2D eigenvalue weighted by atomic mass is 10.1. The lowest BCUT2D eigenvalue weighted by molar-refractivity contribution is 0.102. The fourth-order valence-electron chi connectivity index (χ4n) is 3.57. The highest BCUT2D eigenvalue weighted by molar-refractivity contribution is 7.19. The molecule has 27 heavy (non-hydrogen) atoms. The van der Waals surface area contributed by atoms with Gasteiger partial charge in [0.1, 0.15) is 22.8 Å². The van der Waals surface area contributed by atoms with Crippen molar-refractivity contribution in [1.82, 2.24) is 9.97 Å². The molecule has 0 bridgehead atoms. The molecule has 140 valence electrons. The number of nitrogens with one attached hydrogen (secondary N) is 1. The van der Waals surface area contributed by atoms with Gasteiger partial charge in [0.15, 0.2) is 0 Å². The van der Waals surface area contributed by atoms with Crippen LogP contribution in [0.3, 0.4) is 0 Å². The van der Waals surface area contributed by atoms with Crippen LogP contribution in [0.4, 0.5) is 15.9 Å². The number of piperidine rings is 1. The lowest BCUT2D eigenvalue weighted by Gasteiger charge is -2.28. The number of aryl methyl sites for hydroxylation is 2. The van der Waals surface area contributed by atoms with Crippen LogP contribution in [0.25, 0.3) is 10.2 Å². The molecule has 1 saturated heterocycles. The second-order valence-electron chi connectivity index (χ2n) is 6.90. The van der Waals surface area contributed by atoms with E-state index in [9.17, 15) is 9.18 Å². The van der Waals surface area contributed by atoms with Gasteiger partial charge in [-0.1, -0.05) is 6.07 Å². The van der Waals surface area contributed by atoms with Crippen molar-refractivity contribution in [2.75, 3.05) is 23.3 Å². The summed E-state index contributed by atoms with van der Waals surface area (Å²) in [5.74, 6) is 0.0360. The molecule has 1 aliphatic rings. The maximum absolute atomic E-state index is 14.1. The number of hydrogen-bond donors (Lipinski definition) is 1. The molecule has 0 atom stereocenters. The Kier molecular flexibility index (Phi) is 4.78. The summed E-state index contributed by atoms with van der Waals surface area (Å²) >= 11 is 1.47. The monoisotopic (exact) mass is 384 g/mol. The zero-order valence-corrected chi connectivity index (χ0v) is 16.2. The van der Waals surface area contributed by atoms with Crippen LogP contribution in [0.1, 0.15) is 40.1 Å². The molecule has 3 aromatic rings. The van der Waals surface area contributed by atoms with E-state index in [4.69, 9.17) is 0 Å². The molecular formula is C20H21FN4OS. The number of amides is 1. The van der Waals surface area contributed by atoms with Crippen molar-refractivity contribution < 1.29 is 9.18 Å². The van der Waals surface area contributed by atoms with Gasteiger partial charge in [-0.2, -0.15) is 0 Å². The molecule has 4 rings (SSSR count). The smallest absolute Gasteiger partial charge is 0.257 e. The quantitative estimate of drug-likeness (QED) is 0.712. The zero-order valence-electron chi connectivity index (χ0n) is 15.4. The Morgan fingerprint density at radius 2 is 1.96 bits per heavy atom. The van der Waals surface area contributed by atoms with Gasteiger partial charge in [0.05, 0.1) is 16.6 Å². The molecule has 1 N–H and O–H groups in total. The van der Waals surface area contributed by atoms with Crippen LogP contribution in [0.2, 0.25) is 0 Å². The van der Waals surface area contributed by atoms with Gasteiger partial charge in [0.25, 0.3) is 5.91 Å². The van der Waals surface area contributed by atoms with Crippen molar-refractivity contribution >= 4 is 39.0 Å². The van der Waals surface area contributed by atoms with Gasteiger partial charge in [-0.3, -0.25) is 4.79 Å². The number of halogens is 1. The second kappa shape index (κ2) is 7.23. The molecule has 2 aromatic heterocycles. The molecule has 5 nitrogen and oxygen atoms in total. The van der Waals surface area contributed by atoms with Crippen molar-refractivity contribution in [2.24, 2.45) is 0 Å². The molecule has 0 radical (unpaired) electrons. The molecule has 0 saturated carbocycles. The molecule has 1 fully saturated rings. The number of benzene rings is 1. The number of carbonyl (C=O) groups excluding carboxylic acids is 1. The highest BCUT2D eigenvalue weighted by Crippen LogP contribution is 2.36. The Morgan fingerprint density at radius 1 is 1.19 bits per heavy atom. The fourth-order valence-corrected chi connectivity index (χ4v) is 4.55. The average Bonchev–Trinajstić information content (AvgIpc) is 3.01. The first-order chi connectivity index (χ1) is 13.0. The highest BCUT2D eigenvalue weighted by Gasteiger charge is 2.24. The first-order valence-corrected chi connectivity index (χ1v) is 9.93. The number of hydrogen-bond acceptors (Lipinski definition) is 5. The first kappa shape index (κ1) is 17.9. The van der Waals surface area contributed by atoms with E-state index in [0.29, 0.717) is 5.56 Å². The molecule has 0 aliphatic carbocycles. The number of anilines is 2. The predicted molar refractivity (Wildman–Crippen MR) is 107 cm³/mol. The summed E-state index contributed by atoms with van der Waals surface area (Å²) in [5.41, 5.74) is 1.61. The van der Waals surface area contributed by atoms with Gasteiger partial charge in [0, 0.05) is 18.0 Å². The summed E-state index contributed by atoms with van der Waals surface area (Å²) in [4.78, 5) is 25.8. The number of thiophene rings is 1. The maximum atomic E-state index is 14.1. The van der Waals surface area contributed by atoms with Gasteiger partial charge in [0.2, 0.25) is 0 Å². The van der Waals surface area contributed by atoms with Gasteiger partial charge < -0.3 is 10.2 Å². The molecule has 1 amide bonds. The first-order valence-electron chi connectivity index (χ1n) is 9.11. The van der Waals surface area contributed by atoms with E-state index in [1.54, 1.807) is 18.5 Å². The summed E-state index contributed by atoms with van der Waals surface area (Å²) in [7, 11) is 0. The van der Waals surface area contributed by atoms with Crippen molar-refractivity contribution in [3.8, 4) is 0 Å². The molecule has 0 spiro atoms. The topological polar surface area (TPSA) is 58.1 Å². The molecule has 0 unspecified atom stereocenters. The van der Waals surface area contributed by atoms with Crippen molar-refractivity contribution in [3.63, 3.8) is 0 Å². The largest absolute Gasteiger partial charge is 0.356 e. The minimum atomic E-state index is -0.446. The van der Waals surface area contributed by atoms with Gasteiger partial charge in [-0.05, 0) is 50.8 Å². The third-order valence-corrected chi connectivity index (χ3v) is 5.91. The number of fused-ring (bicyclic) bond motifs is 1. The van der Waals surface area contributed by atoms with Crippen LogP contribution in [0.15, 0.2) is 24.5 Å². The van der Waals surface area contributed by atoms with E-state index < -0.39 is 5.82 Å². The summed E-state index contributed by atoms with van der Waals surface area (Å²) in [6, 6.07) is 4.68. The Labute approximate surface area is 161 Å². The van der Waals surface area contributed by atoms with Crippen LogP contribution in [-0.4, -0.2) is 29.0 Å². The van der Waals surface area contributed by atoms with Crippen LogP contribution in [-0.2, 0) is 0 Å². The normalized spacial score (nSPS) is 14.6. The molecule has 3 heterocycles. The van der Waals surface area contributed by atoms with Gasteiger partial charge >= 0.3 is 0 Å². The van der Waals surface area contributed by atoms with E-state index in [1.807, 2.05) is 13.8 Å². The molecular weight excluding hydrogens is 363 g/mol. The lowest BCUT2D eigenvalue weighted by Crippen LogP contribution is -2.30. The highest BCUT2D eigenvalue weighted by atomic mass is 32.1. The van der Waals surface area contributed by atoms with E-state index in [2.05, 4.69) is 20.2 Å². The zero-order chi connectivity index (χ0) is 19.0. The SMILES string of the molecule is Cc1ccc(F)c(NC(=O)c2c(C)sc3ncnc(N4CCCCC4)c23)c1. The number of aromatic nitrogens is 2. The van der Waals surface area contributed by atoms with Gasteiger partial charge in [-0.15, -0.1) is 11.3 Å². The van der Waals surface area contributed by atoms with Crippen molar-refractivity contribution in [2.45, 2.75) is 33.1 Å². The number of carbonyl (C=O) groups is 1. The summed E-state index contributed by atoms with van der Waals surface area (Å²) < 4.78 is 14.1. The minimum Gasteiger partial charge on any atom is -0.356 e. The van der Waals surface area contributed by atoms with Crippen molar-refractivity contribution in [1.29, 1.82) is 0 Å². The third-order valence-electron chi connectivity index (χ3n) is 4.90. The van der Waals surface area contributed by atoms with E-state index in [1.165, 1.54) is 23.8 Å². The van der Waals surface area contributed by atoms with Crippen LogP contribution in [0.5, 0.6) is 0 Å². The predicted octanol–water partition coefficient (Wildman–Crippen LogP) is 4.69.